The third-order valence-corrected chi connectivity index (χ3v) is 3.16. The van der Waals surface area contributed by atoms with Crippen LogP contribution in [-0.4, -0.2) is 12.9 Å². The standard InChI is InChI=1S/C11H16FNOS/c1-3-4-5-15-11-7-10(14-2)9(13)6-8(11)12/h6-7H,3-5,13H2,1-2H3. The highest BCUT2D eigenvalue weighted by Crippen LogP contribution is 2.31. The Bertz CT molecular complexity index is 331. The number of benzene rings is 1. The number of nitrogens with two attached hydrogens (primary N) is 1. The topological polar surface area (TPSA) is 35.2 Å². The molecule has 0 bridgehead atoms. The van der Waals surface area contributed by atoms with E-state index in [2.05, 4.69) is 6.92 Å². The summed E-state index contributed by atoms with van der Waals surface area (Å²) in [6.45, 7) is 2.11. The zero-order chi connectivity index (χ0) is 11.3. The minimum atomic E-state index is -0.269. The fraction of sp³-hybridized carbons (Fsp3) is 0.455. The van der Waals surface area contributed by atoms with Crippen LogP contribution in [0.1, 0.15) is 19.8 Å². The molecule has 15 heavy (non-hydrogen) atoms. The zero-order valence-corrected chi connectivity index (χ0v) is 9.86. The van der Waals surface area contributed by atoms with Crippen LogP contribution in [0.4, 0.5) is 10.1 Å². The van der Waals surface area contributed by atoms with E-state index in [0.717, 1.165) is 18.6 Å². The van der Waals surface area contributed by atoms with Gasteiger partial charge >= 0.3 is 0 Å². The Labute approximate surface area is 94.0 Å². The van der Waals surface area contributed by atoms with E-state index in [-0.39, 0.29) is 5.82 Å². The first-order valence-corrected chi connectivity index (χ1v) is 5.93. The van der Waals surface area contributed by atoms with Crippen molar-refractivity contribution in [3.05, 3.63) is 17.9 Å². The van der Waals surface area contributed by atoms with Crippen LogP contribution in [0.2, 0.25) is 0 Å². The molecule has 1 aromatic rings. The highest BCUT2D eigenvalue weighted by molar-refractivity contribution is 7.99. The molecular weight excluding hydrogens is 213 g/mol. The fourth-order valence-electron chi connectivity index (χ4n) is 1.16. The van der Waals surface area contributed by atoms with Crippen molar-refractivity contribution in [1.29, 1.82) is 0 Å². The van der Waals surface area contributed by atoms with Gasteiger partial charge in [0.15, 0.2) is 0 Å². The van der Waals surface area contributed by atoms with Gasteiger partial charge in [0.1, 0.15) is 11.6 Å². The Hall–Kier alpha value is -0.900. The predicted molar refractivity (Wildman–Crippen MR) is 63.0 cm³/mol. The Kier molecular flexibility index (Phi) is 4.75. The number of thioether (sulfide) groups is 1. The summed E-state index contributed by atoms with van der Waals surface area (Å²) in [5.41, 5.74) is 5.92. The van der Waals surface area contributed by atoms with Gasteiger partial charge in [-0.05, 0) is 18.2 Å². The van der Waals surface area contributed by atoms with Crippen LogP contribution in [0.15, 0.2) is 17.0 Å². The first-order chi connectivity index (χ1) is 7.19. The summed E-state index contributed by atoms with van der Waals surface area (Å²) in [5, 5.41) is 0. The van der Waals surface area contributed by atoms with Gasteiger partial charge in [-0.2, -0.15) is 0 Å². The summed E-state index contributed by atoms with van der Waals surface area (Å²) in [4.78, 5) is 0.606. The summed E-state index contributed by atoms with van der Waals surface area (Å²) in [7, 11) is 1.53. The van der Waals surface area contributed by atoms with Crippen molar-refractivity contribution in [2.45, 2.75) is 24.7 Å². The SMILES string of the molecule is CCCCSc1cc(OC)c(N)cc1F. The minimum Gasteiger partial charge on any atom is -0.495 e. The quantitative estimate of drug-likeness (QED) is 0.478. The number of halogens is 1. The summed E-state index contributed by atoms with van der Waals surface area (Å²) in [6, 6.07) is 2.97. The molecule has 4 heteroatoms. The lowest BCUT2D eigenvalue weighted by molar-refractivity contribution is 0.414. The van der Waals surface area contributed by atoms with Crippen molar-refractivity contribution in [3.8, 4) is 5.75 Å². The van der Waals surface area contributed by atoms with Gasteiger partial charge < -0.3 is 10.5 Å². The summed E-state index contributed by atoms with van der Waals surface area (Å²) >= 11 is 1.50. The van der Waals surface area contributed by atoms with Gasteiger partial charge in [0.25, 0.3) is 0 Å². The Balaban J connectivity index is 2.78. The molecule has 0 aromatic heterocycles. The number of rotatable bonds is 5. The van der Waals surface area contributed by atoms with E-state index in [9.17, 15) is 4.39 Å². The number of nitrogen functional groups attached to an aromatic ring is 1. The van der Waals surface area contributed by atoms with Crippen LogP contribution in [-0.2, 0) is 0 Å². The number of ether oxygens (including phenoxy) is 1. The van der Waals surface area contributed by atoms with Crippen molar-refractivity contribution < 1.29 is 9.13 Å². The Morgan fingerprint density at radius 1 is 1.47 bits per heavy atom. The normalized spacial score (nSPS) is 10.3. The average molecular weight is 229 g/mol. The molecule has 1 aromatic carbocycles. The first-order valence-electron chi connectivity index (χ1n) is 4.94. The van der Waals surface area contributed by atoms with Gasteiger partial charge in [0, 0.05) is 11.0 Å². The van der Waals surface area contributed by atoms with E-state index in [0.29, 0.717) is 16.3 Å². The van der Waals surface area contributed by atoms with E-state index in [1.165, 1.54) is 24.9 Å². The molecule has 0 amide bonds. The van der Waals surface area contributed by atoms with Crippen molar-refractivity contribution >= 4 is 17.4 Å². The predicted octanol–water partition coefficient (Wildman–Crippen LogP) is 3.31. The van der Waals surface area contributed by atoms with Crippen LogP contribution in [0.5, 0.6) is 5.75 Å². The molecule has 0 saturated heterocycles. The summed E-state index contributed by atoms with van der Waals surface area (Å²) < 4.78 is 18.5. The Morgan fingerprint density at radius 2 is 2.20 bits per heavy atom. The van der Waals surface area contributed by atoms with E-state index in [1.54, 1.807) is 6.07 Å². The maximum Gasteiger partial charge on any atom is 0.143 e. The number of anilines is 1. The maximum atomic E-state index is 13.4. The monoisotopic (exact) mass is 229 g/mol. The highest BCUT2D eigenvalue weighted by Gasteiger charge is 2.08. The molecule has 2 N–H and O–H groups in total. The van der Waals surface area contributed by atoms with E-state index in [1.807, 2.05) is 0 Å². The molecule has 1 rings (SSSR count). The van der Waals surface area contributed by atoms with Crippen LogP contribution < -0.4 is 10.5 Å². The molecule has 0 spiro atoms. The molecule has 0 unspecified atom stereocenters. The molecule has 0 fully saturated rings. The molecule has 2 nitrogen and oxygen atoms in total. The van der Waals surface area contributed by atoms with Crippen LogP contribution in [0.25, 0.3) is 0 Å². The third kappa shape index (κ3) is 3.30. The number of hydrogen-bond acceptors (Lipinski definition) is 3. The third-order valence-electron chi connectivity index (χ3n) is 2.04. The molecule has 0 saturated carbocycles. The largest absolute Gasteiger partial charge is 0.495 e. The fourth-order valence-corrected chi connectivity index (χ4v) is 2.20. The van der Waals surface area contributed by atoms with Crippen LogP contribution >= 0.6 is 11.8 Å². The Morgan fingerprint density at radius 3 is 2.80 bits per heavy atom. The smallest absolute Gasteiger partial charge is 0.143 e. The van der Waals surface area contributed by atoms with Crippen LogP contribution in [0, 0.1) is 5.82 Å². The van der Waals surface area contributed by atoms with E-state index < -0.39 is 0 Å². The highest BCUT2D eigenvalue weighted by atomic mass is 32.2. The lowest BCUT2D eigenvalue weighted by Gasteiger charge is -2.08. The number of unbranched alkanes of at least 4 members (excludes halogenated alkanes) is 1. The number of methoxy groups -OCH3 is 1. The van der Waals surface area contributed by atoms with Crippen LogP contribution in [0.3, 0.4) is 0 Å². The molecule has 0 aliphatic rings. The van der Waals surface area contributed by atoms with E-state index >= 15 is 0 Å². The van der Waals surface area contributed by atoms with Gasteiger partial charge in [0.2, 0.25) is 0 Å². The van der Waals surface area contributed by atoms with Gasteiger partial charge in [-0.15, -0.1) is 11.8 Å². The lowest BCUT2D eigenvalue weighted by Crippen LogP contribution is -1.95. The average Bonchev–Trinajstić information content (AvgIpc) is 2.21. The molecule has 0 heterocycles. The molecule has 84 valence electrons. The minimum absolute atomic E-state index is 0.269. The maximum absolute atomic E-state index is 13.4. The van der Waals surface area contributed by atoms with Gasteiger partial charge in [-0.1, -0.05) is 13.3 Å². The molecule has 0 atom stereocenters. The summed E-state index contributed by atoms with van der Waals surface area (Å²) in [6.07, 6.45) is 2.19. The van der Waals surface area contributed by atoms with Crippen molar-refractivity contribution in [2.75, 3.05) is 18.6 Å². The van der Waals surface area contributed by atoms with Gasteiger partial charge in [0.05, 0.1) is 12.8 Å². The zero-order valence-electron chi connectivity index (χ0n) is 9.05. The second-order valence-electron chi connectivity index (χ2n) is 3.23. The van der Waals surface area contributed by atoms with Gasteiger partial charge in [-0.3, -0.25) is 0 Å². The van der Waals surface area contributed by atoms with Crippen molar-refractivity contribution in [1.82, 2.24) is 0 Å². The molecule has 0 aliphatic carbocycles. The molecule has 0 radical (unpaired) electrons. The second kappa shape index (κ2) is 5.85. The van der Waals surface area contributed by atoms with Crippen molar-refractivity contribution in [2.24, 2.45) is 0 Å². The van der Waals surface area contributed by atoms with Crippen molar-refractivity contribution in [3.63, 3.8) is 0 Å². The first kappa shape index (κ1) is 12.2. The molecule has 0 aliphatic heterocycles. The molecular formula is C11H16FNOS. The summed E-state index contributed by atoms with van der Waals surface area (Å²) in [5.74, 6) is 1.19. The van der Waals surface area contributed by atoms with E-state index in [4.69, 9.17) is 10.5 Å². The second-order valence-corrected chi connectivity index (χ2v) is 4.36. The van der Waals surface area contributed by atoms with Gasteiger partial charge in [-0.25, -0.2) is 4.39 Å². The number of hydrogen-bond donors (Lipinski definition) is 1. The lowest BCUT2D eigenvalue weighted by atomic mass is 10.3.